The van der Waals surface area contributed by atoms with Gasteiger partial charge in [0, 0.05) is 37.9 Å². The van der Waals surface area contributed by atoms with E-state index in [1.54, 1.807) is 17.7 Å². The van der Waals surface area contributed by atoms with Crippen LogP contribution in [0.4, 0.5) is 0 Å². The number of aromatic amines is 1. The second-order valence-corrected chi connectivity index (χ2v) is 10.3. The van der Waals surface area contributed by atoms with Crippen LogP contribution in [0, 0.1) is 18.8 Å². The first-order valence-electron chi connectivity index (χ1n) is 10.9. The minimum Gasteiger partial charge on any atom is -0.354 e. The normalized spacial score (nSPS) is 22.5. The molecule has 0 bridgehead atoms. The first-order valence-corrected chi connectivity index (χ1v) is 11.7. The van der Waals surface area contributed by atoms with E-state index in [-0.39, 0.29) is 5.91 Å². The number of hydrogen-bond acceptors (Lipinski definition) is 5. The number of nitrogens with one attached hydrogen (secondary N) is 2. The summed E-state index contributed by atoms with van der Waals surface area (Å²) in [5, 5.41) is 7.73. The van der Waals surface area contributed by atoms with Crippen molar-refractivity contribution in [2.45, 2.75) is 32.7 Å². The van der Waals surface area contributed by atoms with Crippen LogP contribution >= 0.6 is 11.3 Å². The van der Waals surface area contributed by atoms with E-state index in [0.29, 0.717) is 23.8 Å². The highest BCUT2D eigenvalue weighted by atomic mass is 32.1. The second kappa shape index (κ2) is 6.64. The van der Waals surface area contributed by atoms with E-state index in [4.69, 9.17) is 0 Å². The van der Waals surface area contributed by atoms with Gasteiger partial charge in [-0.15, -0.1) is 11.3 Å². The van der Waals surface area contributed by atoms with Gasteiger partial charge in [-0.2, -0.15) is 5.10 Å². The Morgan fingerprint density at radius 2 is 2.06 bits per heavy atom. The number of fused-ring (bicyclic) bond motifs is 3. The third-order valence-corrected chi connectivity index (χ3v) is 8.11. The van der Waals surface area contributed by atoms with Crippen molar-refractivity contribution < 1.29 is 4.79 Å². The van der Waals surface area contributed by atoms with E-state index in [1.807, 2.05) is 28.7 Å². The van der Waals surface area contributed by atoms with Crippen LogP contribution in [0.1, 0.15) is 40.6 Å². The zero-order valence-corrected chi connectivity index (χ0v) is 19.0. The summed E-state index contributed by atoms with van der Waals surface area (Å²) in [7, 11) is 1.96. The van der Waals surface area contributed by atoms with Gasteiger partial charge in [-0.1, -0.05) is 13.8 Å². The Hall–Kier alpha value is -2.71. The third-order valence-electron chi connectivity index (χ3n) is 6.96. The summed E-state index contributed by atoms with van der Waals surface area (Å²) in [5.41, 5.74) is 6.45. The molecule has 4 aromatic heterocycles. The van der Waals surface area contributed by atoms with Gasteiger partial charge in [-0.05, 0) is 47.9 Å². The SMILES string of the molecule is Cc1cc(-c2[nH]c3cc(C(=O)N(C)[C@H]4[C@@H]5CNC[C@@H]54)sc3c2C(C)C)cn2ncnc12. The Morgan fingerprint density at radius 1 is 1.29 bits per heavy atom. The highest BCUT2D eigenvalue weighted by molar-refractivity contribution is 7.21. The second-order valence-electron chi connectivity index (χ2n) is 9.25. The van der Waals surface area contributed by atoms with E-state index in [9.17, 15) is 4.79 Å². The molecule has 8 heteroatoms. The molecule has 2 aliphatic rings. The van der Waals surface area contributed by atoms with Crippen LogP contribution in [0.25, 0.3) is 27.1 Å². The topological polar surface area (TPSA) is 78.3 Å². The summed E-state index contributed by atoms with van der Waals surface area (Å²) in [6, 6.07) is 4.59. The van der Waals surface area contributed by atoms with Crippen LogP contribution in [-0.4, -0.2) is 56.6 Å². The number of carbonyl (C=O) groups is 1. The summed E-state index contributed by atoms with van der Waals surface area (Å²) >= 11 is 1.61. The number of carbonyl (C=O) groups excluding carboxylic acids is 1. The molecule has 1 saturated heterocycles. The molecule has 0 aromatic carbocycles. The van der Waals surface area contributed by atoms with E-state index in [1.165, 1.54) is 10.3 Å². The Kier molecular flexibility index (Phi) is 4.07. The van der Waals surface area contributed by atoms with E-state index in [2.05, 4.69) is 47.2 Å². The number of aryl methyl sites for hydroxylation is 1. The number of pyridine rings is 1. The fourth-order valence-corrected chi connectivity index (χ4v) is 6.68. The number of aromatic nitrogens is 4. The fourth-order valence-electron chi connectivity index (χ4n) is 5.38. The van der Waals surface area contributed by atoms with Gasteiger partial charge in [0.15, 0.2) is 5.65 Å². The van der Waals surface area contributed by atoms with Crippen LogP contribution in [0.5, 0.6) is 0 Å². The van der Waals surface area contributed by atoms with Gasteiger partial charge >= 0.3 is 0 Å². The van der Waals surface area contributed by atoms with Gasteiger partial charge in [-0.25, -0.2) is 9.50 Å². The van der Waals surface area contributed by atoms with Crippen molar-refractivity contribution in [3.05, 3.63) is 40.7 Å². The molecular formula is C23H26N6OS. The Morgan fingerprint density at radius 3 is 2.81 bits per heavy atom. The number of H-pyrrole nitrogens is 1. The molecule has 0 unspecified atom stereocenters. The summed E-state index contributed by atoms with van der Waals surface area (Å²) in [5.74, 6) is 1.73. The molecule has 3 atom stereocenters. The van der Waals surface area contributed by atoms with Crippen LogP contribution in [0.2, 0.25) is 0 Å². The summed E-state index contributed by atoms with van der Waals surface area (Å²) in [6.45, 7) is 8.55. The number of piperidine rings is 1. The Bertz CT molecular complexity index is 1320. The largest absolute Gasteiger partial charge is 0.354 e. The maximum absolute atomic E-state index is 13.2. The molecule has 7 nitrogen and oxygen atoms in total. The third kappa shape index (κ3) is 2.78. The van der Waals surface area contributed by atoms with Crippen molar-refractivity contribution in [1.82, 2.24) is 29.8 Å². The molecule has 31 heavy (non-hydrogen) atoms. The molecule has 1 amide bonds. The molecule has 0 radical (unpaired) electrons. The maximum Gasteiger partial charge on any atom is 0.264 e. The minimum absolute atomic E-state index is 0.144. The molecular weight excluding hydrogens is 408 g/mol. The summed E-state index contributed by atoms with van der Waals surface area (Å²) in [4.78, 5) is 23.9. The average molecular weight is 435 g/mol. The quantitative estimate of drug-likeness (QED) is 0.514. The van der Waals surface area contributed by atoms with Gasteiger partial charge in [0.2, 0.25) is 0 Å². The van der Waals surface area contributed by atoms with E-state index in [0.717, 1.165) is 46.0 Å². The molecule has 2 N–H and O–H groups in total. The van der Waals surface area contributed by atoms with Crippen molar-refractivity contribution in [3.63, 3.8) is 0 Å². The molecule has 4 aromatic rings. The highest BCUT2D eigenvalue weighted by Crippen LogP contribution is 2.46. The van der Waals surface area contributed by atoms with Gasteiger partial charge in [-0.3, -0.25) is 4.79 Å². The predicted octanol–water partition coefficient (Wildman–Crippen LogP) is 3.66. The number of nitrogens with zero attached hydrogens (tertiary/aromatic N) is 4. The maximum atomic E-state index is 13.2. The highest BCUT2D eigenvalue weighted by Gasteiger charge is 2.56. The molecule has 6 rings (SSSR count). The molecule has 1 saturated carbocycles. The van der Waals surface area contributed by atoms with Gasteiger partial charge in [0.05, 0.1) is 20.8 Å². The van der Waals surface area contributed by atoms with Crippen LogP contribution in [-0.2, 0) is 0 Å². The van der Waals surface area contributed by atoms with Crippen molar-refractivity contribution in [2.75, 3.05) is 20.1 Å². The molecule has 2 fully saturated rings. The van der Waals surface area contributed by atoms with Crippen molar-refractivity contribution >= 4 is 33.1 Å². The lowest BCUT2D eigenvalue weighted by Gasteiger charge is -2.18. The van der Waals surface area contributed by atoms with E-state index >= 15 is 0 Å². The first kappa shape index (κ1) is 19.0. The first-order chi connectivity index (χ1) is 14.9. The molecule has 5 heterocycles. The van der Waals surface area contributed by atoms with Crippen LogP contribution in [0.15, 0.2) is 24.7 Å². The number of hydrogen-bond donors (Lipinski definition) is 2. The fraction of sp³-hybridized carbons (Fsp3) is 0.435. The monoisotopic (exact) mass is 434 g/mol. The Balaban J connectivity index is 1.39. The molecule has 160 valence electrons. The lowest BCUT2D eigenvalue weighted by atomic mass is 9.99. The predicted molar refractivity (Wildman–Crippen MR) is 123 cm³/mol. The van der Waals surface area contributed by atoms with Crippen molar-refractivity contribution in [3.8, 4) is 11.3 Å². The average Bonchev–Trinajstić information content (AvgIpc) is 3.28. The lowest BCUT2D eigenvalue weighted by Crippen LogP contribution is -2.34. The van der Waals surface area contributed by atoms with E-state index < -0.39 is 0 Å². The Labute approximate surface area is 184 Å². The minimum atomic E-state index is 0.144. The van der Waals surface area contributed by atoms with Crippen LogP contribution in [0.3, 0.4) is 0 Å². The lowest BCUT2D eigenvalue weighted by molar-refractivity contribution is 0.0774. The number of rotatable bonds is 4. The number of thiophene rings is 1. The molecule has 1 aliphatic carbocycles. The standard InChI is InChI=1S/C23H26N6OS/c1-11(2)18-19(13-5-12(3)22-25-10-26-29(22)9-13)27-16-6-17(31-21(16)18)23(30)28(4)20-14-7-24-8-15(14)20/h5-6,9-11,14-15,20,24,27H,7-8H2,1-4H3/t14-,15+,20+. The molecule has 1 aliphatic heterocycles. The van der Waals surface area contributed by atoms with Crippen molar-refractivity contribution in [1.29, 1.82) is 0 Å². The summed E-state index contributed by atoms with van der Waals surface area (Å²) < 4.78 is 3.00. The smallest absolute Gasteiger partial charge is 0.264 e. The molecule has 0 spiro atoms. The van der Waals surface area contributed by atoms with Crippen LogP contribution < -0.4 is 5.32 Å². The number of amides is 1. The van der Waals surface area contributed by atoms with Gasteiger partial charge < -0.3 is 15.2 Å². The van der Waals surface area contributed by atoms with Gasteiger partial charge in [0.1, 0.15) is 6.33 Å². The zero-order valence-electron chi connectivity index (χ0n) is 18.1. The van der Waals surface area contributed by atoms with Gasteiger partial charge in [0.25, 0.3) is 5.91 Å². The van der Waals surface area contributed by atoms with Crippen molar-refractivity contribution in [2.24, 2.45) is 11.8 Å². The summed E-state index contributed by atoms with van der Waals surface area (Å²) in [6.07, 6.45) is 3.61. The zero-order chi connectivity index (χ0) is 21.4.